The molecular formula is C15H19ClN2O5. The molecule has 23 heavy (non-hydrogen) atoms. The van der Waals surface area contributed by atoms with Crippen molar-refractivity contribution in [2.75, 3.05) is 24.4 Å². The first-order chi connectivity index (χ1) is 11.0. The second-order valence-corrected chi connectivity index (χ2v) is 4.59. The van der Waals surface area contributed by atoms with E-state index >= 15 is 0 Å². The lowest BCUT2D eigenvalue weighted by Crippen LogP contribution is -2.49. The zero-order valence-corrected chi connectivity index (χ0v) is 13.9. The number of carbonyl (C=O) groups is 3. The smallest absolute Gasteiger partial charge is 0.337 e. The number of nitrogens with two attached hydrogens (primary N) is 1. The highest BCUT2D eigenvalue weighted by Crippen LogP contribution is 2.34. The number of primary amides is 1. The first kappa shape index (κ1) is 18.8. The molecule has 1 unspecified atom stereocenters. The summed E-state index contributed by atoms with van der Waals surface area (Å²) in [4.78, 5) is 36.0. The Bertz CT molecular complexity index is 606. The molecule has 1 atom stereocenters. The number of hydrogen-bond donors (Lipinski definition) is 1. The van der Waals surface area contributed by atoms with E-state index in [0.717, 1.165) is 0 Å². The lowest BCUT2D eigenvalue weighted by atomic mass is 10.1. The monoisotopic (exact) mass is 342 g/mol. The zero-order chi connectivity index (χ0) is 17.6. The standard InChI is InChI=1S/C13H13ClN2O5.C2H6/c1-20-13(19)7-2-3-8-9(4-7)21-10(12(15)18)6-16(8)11(17)5-14;1-2/h2-4,10H,5-6H2,1H3,(H2,15,18);1-2H3. The van der Waals surface area contributed by atoms with Gasteiger partial charge in [-0.25, -0.2) is 4.79 Å². The maximum atomic E-state index is 11.9. The number of alkyl halides is 1. The average Bonchev–Trinajstić information content (AvgIpc) is 2.60. The van der Waals surface area contributed by atoms with Gasteiger partial charge in [-0.05, 0) is 18.2 Å². The Morgan fingerprint density at radius 2 is 2.04 bits per heavy atom. The molecule has 2 rings (SSSR count). The van der Waals surface area contributed by atoms with Gasteiger partial charge in [-0.3, -0.25) is 9.59 Å². The second-order valence-electron chi connectivity index (χ2n) is 4.32. The zero-order valence-electron chi connectivity index (χ0n) is 13.2. The molecule has 1 aliphatic rings. The lowest BCUT2D eigenvalue weighted by Gasteiger charge is -2.33. The third-order valence-electron chi connectivity index (χ3n) is 3.02. The fourth-order valence-electron chi connectivity index (χ4n) is 1.99. The Morgan fingerprint density at radius 1 is 1.39 bits per heavy atom. The lowest BCUT2D eigenvalue weighted by molar-refractivity contribution is -0.125. The van der Waals surface area contributed by atoms with Gasteiger partial charge < -0.3 is 20.1 Å². The van der Waals surface area contributed by atoms with E-state index in [1.54, 1.807) is 0 Å². The molecule has 1 aromatic rings. The Hall–Kier alpha value is -2.28. The number of esters is 1. The van der Waals surface area contributed by atoms with Gasteiger partial charge in [0, 0.05) is 0 Å². The summed E-state index contributed by atoms with van der Waals surface area (Å²) < 4.78 is 10.0. The van der Waals surface area contributed by atoms with Crippen LogP contribution >= 0.6 is 11.6 Å². The van der Waals surface area contributed by atoms with Crippen LogP contribution in [0.1, 0.15) is 24.2 Å². The summed E-state index contributed by atoms with van der Waals surface area (Å²) in [5.74, 6) is -1.71. The van der Waals surface area contributed by atoms with Crippen molar-refractivity contribution in [3.63, 3.8) is 0 Å². The minimum Gasteiger partial charge on any atom is -0.476 e. The van der Waals surface area contributed by atoms with Crippen LogP contribution in [0.4, 0.5) is 5.69 Å². The van der Waals surface area contributed by atoms with Gasteiger partial charge in [-0.1, -0.05) is 13.8 Å². The summed E-state index contributed by atoms with van der Waals surface area (Å²) in [6, 6.07) is 4.42. The second kappa shape index (κ2) is 8.38. The Balaban J connectivity index is 0.00000127. The molecule has 1 aliphatic heterocycles. The van der Waals surface area contributed by atoms with Crippen LogP contribution in [0.3, 0.4) is 0 Å². The Morgan fingerprint density at radius 3 is 2.57 bits per heavy atom. The molecule has 0 radical (unpaired) electrons. The van der Waals surface area contributed by atoms with Crippen molar-refractivity contribution in [2.24, 2.45) is 5.73 Å². The fourth-order valence-corrected chi connectivity index (χ4v) is 2.13. The van der Waals surface area contributed by atoms with Gasteiger partial charge in [0.05, 0.1) is 24.9 Å². The number of anilines is 1. The number of carbonyl (C=O) groups excluding carboxylic acids is 3. The molecule has 7 nitrogen and oxygen atoms in total. The number of halogens is 1. The Labute approximate surface area is 139 Å². The van der Waals surface area contributed by atoms with Crippen molar-refractivity contribution in [1.29, 1.82) is 0 Å². The minimum absolute atomic E-state index is 0.0224. The number of methoxy groups -OCH3 is 1. The number of ether oxygens (including phenoxy) is 2. The van der Waals surface area contributed by atoms with Crippen molar-refractivity contribution in [3.8, 4) is 5.75 Å². The van der Waals surface area contributed by atoms with Crippen molar-refractivity contribution in [3.05, 3.63) is 23.8 Å². The summed E-state index contributed by atoms with van der Waals surface area (Å²) in [5, 5.41) is 0. The predicted molar refractivity (Wildman–Crippen MR) is 85.8 cm³/mol. The fraction of sp³-hybridized carbons (Fsp3) is 0.400. The largest absolute Gasteiger partial charge is 0.476 e. The first-order valence-corrected chi connectivity index (χ1v) is 7.56. The number of amides is 2. The van der Waals surface area contributed by atoms with Gasteiger partial charge >= 0.3 is 5.97 Å². The summed E-state index contributed by atoms with van der Waals surface area (Å²) in [6.07, 6.45) is -1.00. The van der Waals surface area contributed by atoms with Gasteiger partial charge in [0.15, 0.2) is 6.10 Å². The molecule has 0 spiro atoms. The van der Waals surface area contributed by atoms with Gasteiger partial charge in [-0.15, -0.1) is 11.6 Å². The summed E-state index contributed by atoms with van der Waals surface area (Å²) in [5.41, 5.74) is 5.88. The van der Waals surface area contributed by atoms with Gasteiger partial charge in [-0.2, -0.15) is 0 Å². The third-order valence-corrected chi connectivity index (χ3v) is 3.25. The molecule has 1 aromatic carbocycles. The van der Waals surface area contributed by atoms with Gasteiger partial charge in [0.2, 0.25) is 5.91 Å². The molecule has 8 heteroatoms. The quantitative estimate of drug-likeness (QED) is 0.659. The molecule has 0 bridgehead atoms. The van der Waals surface area contributed by atoms with Crippen molar-refractivity contribution >= 4 is 35.1 Å². The molecule has 0 aliphatic carbocycles. The molecule has 0 fully saturated rings. The van der Waals surface area contributed by atoms with E-state index in [4.69, 9.17) is 22.1 Å². The number of benzene rings is 1. The number of hydrogen-bond acceptors (Lipinski definition) is 5. The summed E-state index contributed by atoms with van der Waals surface area (Å²) >= 11 is 5.56. The Kier molecular flexibility index (Phi) is 6.84. The molecule has 0 saturated heterocycles. The topological polar surface area (TPSA) is 98.9 Å². The van der Waals surface area contributed by atoms with Crippen LogP contribution in [0.2, 0.25) is 0 Å². The van der Waals surface area contributed by atoms with Crippen molar-refractivity contribution < 1.29 is 23.9 Å². The third kappa shape index (κ3) is 4.13. The van der Waals surface area contributed by atoms with Crippen LogP contribution in [-0.4, -0.2) is 43.4 Å². The van der Waals surface area contributed by atoms with Crippen LogP contribution in [0.15, 0.2) is 18.2 Å². The summed E-state index contributed by atoms with van der Waals surface area (Å²) in [7, 11) is 1.25. The normalized spacial score (nSPS) is 15.5. The summed E-state index contributed by atoms with van der Waals surface area (Å²) in [6.45, 7) is 3.98. The van der Waals surface area contributed by atoms with E-state index in [0.29, 0.717) is 5.69 Å². The van der Waals surface area contributed by atoms with Gasteiger partial charge in [0.1, 0.15) is 11.6 Å². The maximum absolute atomic E-state index is 11.9. The first-order valence-electron chi connectivity index (χ1n) is 7.02. The number of nitrogens with zero attached hydrogens (tertiary/aromatic N) is 1. The minimum atomic E-state index is -1.00. The van der Waals surface area contributed by atoms with Crippen molar-refractivity contribution in [1.82, 2.24) is 0 Å². The van der Waals surface area contributed by atoms with E-state index in [1.165, 1.54) is 30.2 Å². The van der Waals surface area contributed by atoms with E-state index in [-0.39, 0.29) is 23.7 Å². The average molecular weight is 343 g/mol. The molecule has 0 aromatic heterocycles. The molecule has 0 saturated carbocycles. The molecule has 126 valence electrons. The van der Waals surface area contributed by atoms with E-state index in [9.17, 15) is 14.4 Å². The SMILES string of the molecule is CC.COC(=O)c1ccc2c(c1)OC(C(N)=O)CN2C(=O)CCl. The number of rotatable bonds is 3. The highest BCUT2D eigenvalue weighted by Gasteiger charge is 2.33. The van der Waals surface area contributed by atoms with Crippen LogP contribution in [0.5, 0.6) is 5.75 Å². The van der Waals surface area contributed by atoms with Crippen LogP contribution in [0, 0.1) is 0 Å². The van der Waals surface area contributed by atoms with Crippen LogP contribution < -0.4 is 15.4 Å². The molecule has 2 N–H and O–H groups in total. The highest BCUT2D eigenvalue weighted by molar-refractivity contribution is 6.29. The van der Waals surface area contributed by atoms with Crippen LogP contribution in [0.25, 0.3) is 0 Å². The highest BCUT2D eigenvalue weighted by atomic mass is 35.5. The predicted octanol–water partition coefficient (Wildman–Crippen LogP) is 1.32. The number of fused-ring (bicyclic) bond motifs is 1. The van der Waals surface area contributed by atoms with E-state index < -0.39 is 23.9 Å². The van der Waals surface area contributed by atoms with E-state index in [2.05, 4.69) is 4.74 Å². The van der Waals surface area contributed by atoms with Gasteiger partial charge in [0.25, 0.3) is 5.91 Å². The molecule has 2 amide bonds. The maximum Gasteiger partial charge on any atom is 0.337 e. The van der Waals surface area contributed by atoms with E-state index in [1.807, 2.05) is 13.8 Å². The van der Waals surface area contributed by atoms with Crippen molar-refractivity contribution in [2.45, 2.75) is 20.0 Å². The molecule has 1 heterocycles. The molecular weight excluding hydrogens is 324 g/mol. The van der Waals surface area contributed by atoms with Crippen LogP contribution in [-0.2, 0) is 14.3 Å².